The molecule has 0 bridgehead atoms. The average Bonchev–Trinajstić information content (AvgIpc) is 3.35. The van der Waals surface area contributed by atoms with Crippen molar-refractivity contribution in [2.75, 3.05) is 7.11 Å². The molecule has 0 N–H and O–H groups in total. The molecule has 0 radical (unpaired) electrons. The highest BCUT2D eigenvalue weighted by Crippen LogP contribution is 2.42. The second kappa shape index (κ2) is 6.13. The van der Waals surface area contributed by atoms with Gasteiger partial charge in [-0.1, -0.05) is 12.1 Å². The maximum Gasteiger partial charge on any atom is 0.191 e. The number of ether oxygens (including phenoxy) is 1. The van der Waals surface area contributed by atoms with Gasteiger partial charge in [-0.25, -0.2) is 13.8 Å². The Morgan fingerprint density at radius 1 is 1.15 bits per heavy atom. The Balaban J connectivity index is 1.78. The van der Waals surface area contributed by atoms with Gasteiger partial charge in [-0.05, 0) is 37.1 Å². The van der Waals surface area contributed by atoms with Crippen molar-refractivity contribution < 1.29 is 13.5 Å². The van der Waals surface area contributed by atoms with Crippen LogP contribution < -0.4 is 4.74 Å². The van der Waals surface area contributed by atoms with Crippen LogP contribution in [-0.4, -0.2) is 21.9 Å². The Morgan fingerprint density at radius 3 is 2.81 bits per heavy atom. The van der Waals surface area contributed by atoms with Crippen LogP contribution in [0.5, 0.6) is 5.75 Å². The summed E-state index contributed by atoms with van der Waals surface area (Å²) in [5, 5.41) is 5.44. The Bertz CT molecular complexity index is 1150. The number of nitrogens with zero attached hydrogens (tertiary/aromatic N) is 3. The number of hydrogen-bond donors (Lipinski definition) is 0. The summed E-state index contributed by atoms with van der Waals surface area (Å²) in [6, 6.07) is 10.5. The van der Waals surface area contributed by atoms with Crippen molar-refractivity contribution in [3.8, 4) is 27.6 Å². The number of rotatable bonds is 3. The smallest absolute Gasteiger partial charge is 0.191 e. The number of benzene rings is 2. The third kappa shape index (κ3) is 2.45. The summed E-state index contributed by atoms with van der Waals surface area (Å²) in [6.07, 6.45) is 1.86. The second-order valence-corrected chi connectivity index (χ2v) is 7.46. The zero-order chi connectivity index (χ0) is 18.5. The van der Waals surface area contributed by atoms with Gasteiger partial charge in [0.25, 0.3) is 0 Å². The van der Waals surface area contributed by atoms with Gasteiger partial charge >= 0.3 is 0 Å². The number of thiazole rings is 1. The van der Waals surface area contributed by atoms with E-state index in [1.54, 1.807) is 11.3 Å². The highest BCUT2D eigenvalue weighted by molar-refractivity contribution is 7.21. The summed E-state index contributed by atoms with van der Waals surface area (Å²) in [6.45, 7) is 0.785. The quantitative estimate of drug-likeness (QED) is 0.496. The molecular weight excluding hydrogens is 368 g/mol. The third-order valence-corrected chi connectivity index (χ3v) is 5.91. The van der Waals surface area contributed by atoms with Crippen LogP contribution in [0, 0.1) is 11.6 Å². The van der Waals surface area contributed by atoms with Crippen LogP contribution in [0.1, 0.15) is 12.1 Å². The molecule has 27 heavy (non-hydrogen) atoms. The molecule has 0 amide bonds. The van der Waals surface area contributed by atoms with Gasteiger partial charge < -0.3 is 4.74 Å². The first-order valence-electron chi connectivity index (χ1n) is 8.65. The van der Waals surface area contributed by atoms with Gasteiger partial charge in [0.1, 0.15) is 10.7 Å². The molecule has 0 atom stereocenters. The van der Waals surface area contributed by atoms with Crippen LogP contribution in [0.15, 0.2) is 36.4 Å². The van der Waals surface area contributed by atoms with E-state index in [9.17, 15) is 8.78 Å². The van der Waals surface area contributed by atoms with Crippen molar-refractivity contribution in [2.24, 2.45) is 0 Å². The topological polar surface area (TPSA) is 39.9 Å². The molecule has 0 spiro atoms. The lowest BCUT2D eigenvalue weighted by molar-refractivity contribution is 0.360. The van der Waals surface area contributed by atoms with Gasteiger partial charge in [-0.15, -0.1) is 11.3 Å². The Kier molecular flexibility index (Phi) is 3.72. The van der Waals surface area contributed by atoms with Gasteiger partial charge in [0.2, 0.25) is 0 Å². The lowest BCUT2D eigenvalue weighted by atomic mass is 10.0. The Hall–Kier alpha value is -2.80. The van der Waals surface area contributed by atoms with Crippen LogP contribution in [0.25, 0.3) is 32.0 Å². The molecule has 0 saturated carbocycles. The Morgan fingerprint density at radius 2 is 2.00 bits per heavy atom. The fourth-order valence-electron chi connectivity index (χ4n) is 3.63. The van der Waals surface area contributed by atoms with Gasteiger partial charge in [-0.2, -0.15) is 5.10 Å². The highest BCUT2D eigenvalue weighted by Gasteiger charge is 2.28. The first-order chi connectivity index (χ1) is 13.2. The summed E-state index contributed by atoms with van der Waals surface area (Å²) in [5.41, 5.74) is 3.50. The van der Waals surface area contributed by atoms with Crippen LogP contribution in [0.3, 0.4) is 0 Å². The number of fused-ring (bicyclic) bond motifs is 2. The lowest BCUT2D eigenvalue weighted by Crippen LogP contribution is -1.98. The van der Waals surface area contributed by atoms with Gasteiger partial charge in [0, 0.05) is 17.8 Å². The van der Waals surface area contributed by atoms with Crippen LogP contribution in [0.4, 0.5) is 8.78 Å². The minimum Gasteiger partial charge on any atom is -0.491 e. The average molecular weight is 383 g/mol. The van der Waals surface area contributed by atoms with Gasteiger partial charge in [0.15, 0.2) is 17.4 Å². The molecule has 1 aliphatic rings. The molecule has 0 saturated heterocycles. The fraction of sp³-hybridized carbons (Fsp3) is 0.200. The first kappa shape index (κ1) is 16.4. The number of methoxy groups -OCH3 is 1. The molecule has 0 aliphatic carbocycles. The highest BCUT2D eigenvalue weighted by atomic mass is 32.1. The molecule has 3 heterocycles. The zero-order valence-electron chi connectivity index (χ0n) is 14.5. The summed E-state index contributed by atoms with van der Waals surface area (Å²) >= 11 is 1.56. The summed E-state index contributed by atoms with van der Waals surface area (Å²) < 4.78 is 36.7. The number of para-hydroxylation sites is 1. The van der Waals surface area contributed by atoms with Crippen molar-refractivity contribution >= 4 is 21.6 Å². The van der Waals surface area contributed by atoms with E-state index >= 15 is 0 Å². The predicted molar refractivity (Wildman–Crippen MR) is 101 cm³/mol. The first-order valence-corrected chi connectivity index (χ1v) is 9.47. The van der Waals surface area contributed by atoms with E-state index in [0.717, 1.165) is 45.9 Å². The van der Waals surface area contributed by atoms with E-state index in [1.807, 2.05) is 28.9 Å². The Labute approximate surface area is 158 Å². The molecule has 7 heteroatoms. The van der Waals surface area contributed by atoms with Crippen LogP contribution >= 0.6 is 11.3 Å². The molecule has 4 nitrogen and oxygen atoms in total. The molecule has 2 aromatic carbocycles. The maximum absolute atomic E-state index is 15.0. The molecule has 4 aromatic rings. The summed E-state index contributed by atoms with van der Waals surface area (Å²) in [5.74, 6) is -1.86. The van der Waals surface area contributed by atoms with E-state index in [4.69, 9.17) is 9.72 Å². The van der Waals surface area contributed by atoms with E-state index in [-0.39, 0.29) is 5.56 Å². The van der Waals surface area contributed by atoms with Crippen LogP contribution in [0.2, 0.25) is 0 Å². The third-order valence-electron chi connectivity index (χ3n) is 4.86. The fourth-order valence-corrected chi connectivity index (χ4v) is 4.66. The predicted octanol–water partition coefficient (Wildman–Crippen LogP) is 5.06. The largest absolute Gasteiger partial charge is 0.491 e. The van der Waals surface area contributed by atoms with Gasteiger partial charge in [-0.3, -0.25) is 4.68 Å². The SMILES string of the molecule is COc1c(F)ccc(-c2nn3c(c2-c2nc4ccccc4s2)CCC3)c1F. The summed E-state index contributed by atoms with van der Waals surface area (Å²) in [7, 11) is 1.26. The molecule has 2 aromatic heterocycles. The molecule has 136 valence electrons. The van der Waals surface area contributed by atoms with Crippen molar-refractivity contribution in [1.29, 1.82) is 0 Å². The van der Waals surface area contributed by atoms with Crippen LogP contribution in [-0.2, 0) is 13.0 Å². The van der Waals surface area contributed by atoms with E-state index in [0.29, 0.717) is 5.69 Å². The number of hydrogen-bond acceptors (Lipinski definition) is 4. The normalized spacial score (nSPS) is 13.3. The van der Waals surface area contributed by atoms with E-state index in [1.165, 1.54) is 19.2 Å². The maximum atomic E-state index is 15.0. The van der Waals surface area contributed by atoms with Gasteiger partial charge in [0.05, 0.1) is 22.9 Å². The number of halogens is 2. The minimum atomic E-state index is -0.739. The standard InChI is InChI=1S/C20H15F2N3OS/c1-26-19-12(21)9-8-11(17(19)22)18-16(14-6-4-10-25(14)24-18)20-23-13-5-2-3-7-15(13)27-20/h2-3,5,7-9H,4,6,10H2,1H3. The number of aryl methyl sites for hydroxylation is 1. The van der Waals surface area contributed by atoms with Crippen molar-refractivity contribution in [3.05, 3.63) is 53.7 Å². The van der Waals surface area contributed by atoms with Crippen molar-refractivity contribution in [3.63, 3.8) is 0 Å². The minimum absolute atomic E-state index is 0.226. The van der Waals surface area contributed by atoms with E-state index in [2.05, 4.69) is 5.10 Å². The zero-order valence-corrected chi connectivity index (χ0v) is 15.3. The molecule has 0 unspecified atom stereocenters. The molecule has 5 rings (SSSR count). The monoisotopic (exact) mass is 383 g/mol. The molecule has 1 aliphatic heterocycles. The number of aromatic nitrogens is 3. The van der Waals surface area contributed by atoms with Crippen molar-refractivity contribution in [1.82, 2.24) is 14.8 Å². The second-order valence-electron chi connectivity index (χ2n) is 6.43. The lowest BCUT2D eigenvalue weighted by Gasteiger charge is -2.08. The van der Waals surface area contributed by atoms with E-state index < -0.39 is 17.4 Å². The summed E-state index contributed by atoms with van der Waals surface area (Å²) in [4.78, 5) is 4.75. The molecular formula is C20H15F2N3OS. The molecule has 0 fully saturated rings. The van der Waals surface area contributed by atoms with Crippen molar-refractivity contribution in [2.45, 2.75) is 19.4 Å².